The minimum absolute atomic E-state index is 0.0319. The predicted octanol–water partition coefficient (Wildman–Crippen LogP) is 3.91. The van der Waals surface area contributed by atoms with E-state index >= 15 is 0 Å². The molecule has 0 unspecified atom stereocenters. The maximum atomic E-state index is 13.6. The molecule has 1 N–H and O–H groups in total. The summed E-state index contributed by atoms with van der Waals surface area (Å²) in [5.74, 6) is -5.87. The van der Waals surface area contributed by atoms with Crippen molar-refractivity contribution in [3.8, 4) is 0 Å². The van der Waals surface area contributed by atoms with Crippen LogP contribution in [-0.4, -0.2) is 23.5 Å². The second kappa shape index (κ2) is 8.00. The summed E-state index contributed by atoms with van der Waals surface area (Å²) in [6.45, 7) is -0.598. The zero-order valence-corrected chi connectivity index (χ0v) is 14.4. The molecule has 0 fully saturated rings. The van der Waals surface area contributed by atoms with E-state index in [1.54, 1.807) is 24.3 Å². The van der Waals surface area contributed by atoms with Gasteiger partial charge in [-0.3, -0.25) is 10.1 Å². The van der Waals surface area contributed by atoms with Crippen molar-refractivity contribution in [2.24, 2.45) is 0 Å². The third-order valence-electron chi connectivity index (χ3n) is 3.32. The second-order valence-electron chi connectivity index (χ2n) is 5.25. The van der Waals surface area contributed by atoms with Crippen LogP contribution in [0.4, 0.5) is 18.3 Å². The Balaban J connectivity index is 1.58. The van der Waals surface area contributed by atoms with Gasteiger partial charge >= 0.3 is 5.97 Å². The predicted molar refractivity (Wildman–Crippen MR) is 94.6 cm³/mol. The molecule has 1 heterocycles. The summed E-state index contributed by atoms with van der Waals surface area (Å²) >= 11 is 0.760. The van der Waals surface area contributed by atoms with Crippen LogP contribution in [0.3, 0.4) is 0 Å². The number of amides is 1. The first-order chi connectivity index (χ1) is 12.9. The lowest BCUT2D eigenvalue weighted by Crippen LogP contribution is -2.20. The van der Waals surface area contributed by atoms with Crippen LogP contribution in [0.15, 0.2) is 42.5 Å². The number of fused-ring (bicyclic) bond motifs is 1. The van der Waals surface area contributed by atoms with Gasteiger partial charge in [0.15, 0.2) is 29.2 Å². The standard InChI is InChI=1S/C18H11F3N2O3S/c19-11-8-12-17(16(21)15(11)20)23-18(27-12)22-13(24)9-26-14(25)7-6-10-4-2-1-3-5-10/h1-8H,9H2,(H,22,23,24)/b7-6+. The lowest BCUT2D eigenvalue weighted by molar-refractivity contribution is -0.142. The molecule has 0 radical (unpaired) electrons. The fourth-order valence-electron chi connectivity index (χ4n) is 2.10. The number of hydrogen-bond acceptors (Lipinski definition) is 5. The van der Waals surface area contributed by atoms with Crippen molar-refractivity contribution in [1.82, 2.24) is 4.98 Å². The monoisotopic (exact) mass is 392 g/mol. The maximum absolute atomic E-state index is 13.6. The van der Waals surface area contributed by atoms with Gasteiger partial charge in [0.25, 0.3) is 5.91 Å². The lowest BCUT2D eigenvalue weighted by atomic mass is 10.2. The summed E-state index contributed by atoms with van der Waals surface area (Å²) in [7, 11) is 0. The number of carbonyl (C=O) groups excluding carboxylic acids is 2. The van der Waals surface area contributed by atoms with Crippen LogP contribution < -0.4 is 5.32 Å². The van der Waals surface area contributed by atoms with Gasteiger partial charge in [-0.25, -0.2) is 22.9 Å². The third-order valence-corrected chi connectivity index (χ3v) is 4.24. The number of halogens is 3. The molecule has 0 bridgehead atoms. The first kappa shape index (κ1) is 18.6. The van der Waals surface area contributed by atoms with Gasteiger partial charge < -0.3 is 4.74 Å². The molecular weight excluding hydrogens is 381 g/mol. The Kier molecular flexibility index (Phi) is 5.51. The average molecular weight is 392 g/mol. The number of rotatable bonds is 5. The van der Waals surface area contributed by atoms with E-state index in [9.17, 15) is 22.8 Å². The van der Waals surface area contributed by atoms with Crippen LogP contribution in [0.5, 0.6) is 0 Å². The molecular formula is C18H11F3N2O3S. The Bertz CT molecular complexity index is 1040. The van der Waals surface area contributed by atoms with Gasteiger partial charge in [-0.2, -0.15) is 0 Å². The van der Waals surface area contributed by atoms with E-state index in [4.69, 9.17) is 4.74 Å². The number of ether oxygens (including phenoxy) is 1. The molecule has 1 aromatic heterocycles. The van der Waals surface area contributed by atoms with Crippen molar-refractivity contribution < 1.29 is 27.5 Å². The molecule has 0 aliphatic heterocycles. The van der Waals surface area contributed by atoms with Crippen LogP contribution in [0.2, 0.25) is 0 Å². The summed E-state index contributed by atoms with van der Waals surface area (Å²) in [5, 5.41) is 2.21. The molecule has 2 aromatic carbocycles. The highest BCUT2D eigenvalue weighted by Crippen LogP contribution is 2.30. The first-order valence-electron chi connectivity index (χ1n) is 7.58. The van der Waals surface area contributed by atoms with Crippen molar-refractivity contribution in [3.63, 3.8) is 0 Å². The molecule has 5 nitrogen and oxygen atoms in total. The number of carbonyl (C=O) groups is 2. The van der Waals surface area contributed by atoms with Crippen LogP contribution >= 0.6 is 11.3 Å². The Morgan fingerprint density at radius 2 is 1.89 bits per heavy atom. The minimum atomic E-state index is -1.63. The number of aromatic nitrogens is 1. The fourth-order valence-corrected chi connectivity index (χ4v) is 3.00. The van der Waals surface area contributed by atoms with Gasteiger partial charge in [-0.05, 0) is 17.7 Å². The third kappa shape index (κ3) is 4.50. The molecule has 0 saturated heterocycles. The Hall–Kier alpha value is -3.20. The topological polar surface area (TPSA) is 68.3 Å². The minimum Gasteiger partial charge on any atom is -0.452 e. The van der Waals surface area contributed by atoms with Gasteiger partial charge in [0, 0.05) is 6.08 Å². The summed E-state index contributed by atoms with van der Waals surface area (Å²) in [5.41, 5.74) is 0.395. The molecule has 0 aliphatic carbocycles. The van der Waals surface area contributed by atoms with Gasteiger partial charge in [0.05, 0.1) is 4.70 Å². The molecule has 0 saturated carbocycles. The molecule has 1 amide bonds. The van der Waals surface area contributed by atoms with E-state index in [-0.39, 0.29) is 9.83 Å². The summed E-state index contributed by atoms with van der Waals surface area (Å²) in [6, 6.07) is 9.79. The van der Waals surface area contributed by atoms with Crippen molar-refractivity contribution in [2.75, 3.05) is 11.9 Å². The second-order valence-corrected chi connectivity index (χ2v) is 6.28. The zero-order valence-electron chi connectivity index (χ0n) is 13.5. The normalized spacial score (nSPS) is 11.1. The van der Waals surface area contributed by atoms with Gasteiger partial charge in [-0.1, -0.05) is 41.7 Å². The summed E-state index contributed by atoms with van der Waals surface area (Å²) in [4.78, 5) is 27.1. The number of anilines is 1. The fraction of sp³-hybridized carbons (Fsp3) is 0.0556. The largest absolute Gasteiger partial charge is 0.452 e. The highest BCUT2D eigenvalue weighted by molar-refractivity contribution is 7.22. The quantitative estimate of drug-likeness (QED) is 0.406. The number of hydrogen-bond donors (Lipinski definition) is 1. The molecule has 0 atom stereocenters. The average Bonchev–Trinajstić information content (AvgIpc) is 3.06. The van der Waals surface area contributed by atoms with Gasteiger partial charge in [0.1, 0.15) is 5.52 Å². The Labute approximate surface area is 155 Å². The Morgan fingerprint density at radius 1 is 1.15 bits per heavy atom. The zero-order chi connectivity index (χ0) is 19.4. The van der Waals surface area contributed by atoms with Crippen molar-refractivity contribution in [2.45, 2.75) is 0 Å². The summed E-state index contributed by atoms with van der Waals surface area (Å²) in [6.07, 6.45) is 2.70. The molecule has 27 heavy (non-hydrogen) atoms. The van der Waals surface area contributed by atoms with Crippen molar-refractivity contribution in [3.05, 3.63) is 65.5 Å². The molecule has 138 valence electrons. The van der Waals surface area contributed by atoms with E-state index in [0.717, 1.165) is 23.0 Å². The van der Waals surface area contributed by atoms with E-state index in [2.05, 4.69) is 10.3 Å². The van der Waals surface area contributed by atoms with E-state index in [1.807, 2.05) is 6.07 Å². The van der Waals surface area contributed by atoms with Crippen LogP contribution in [0, 0.1) is 17.5 Å². The van der Waals surface area contributed by atoms with Gasteiger partial charge in [0.2, 0.25) is 0 Å². The molecule has 0 spiro atoms. The molecule has 0 aliphatic rings. The van der Waals surface area contributed by atoms with Crippen molar-refractivity contribution in [1.29, 1.82) is 0 Å². The lowest BCUT2D eigenvalue weighted by Gasteiger charge is -2.01. The van der Waals surface area contributed by atoms with E-state index < -0.39 is 41.5 Å². The Morgan fingerprint density at radius 3 is 2.63 bits per heavy atom. The van der Waals surface area contributed by atoms with E-state index in [1.165, 1.54) is 12.2 Å². The maximum Gasteiger partial charge on any atom is 0.331 e. The number of nitrogens with one attached hydrogen (secondary N) is 1. The molecule has 3 aromatic rings. The number of benzene rings is 2. The highest BCUT2D eigenvalue weighted by atomic mass is 32.1. The van der Waals surface area contributed by atoms with E-state index in [0.29, 0.717) is 0 Å². The van der Waals surface area contributed by atoms with Crippen LogP contribution in [-0.2, 0) is 14.3 Å². The SMILES string of the molecule is O=C(COC(=O)/C=C/c1ccccc1)Nc1nc2c(F)c(F)c(F)cc2s1. The molecule has 9 heteroatoms. The smallest absolute Gasteiger partial charge is 0.331 e. The van der Waals surface area contributed by atoms with Crippen molar-refractivity contribution >= 4 is 44.6 Å². The number of thiazole rings is 1. The number of nitrogens with zero attached hydrogens (tertiary/aromatic N) is 1. The van der Waals surface area contributed by atoms with Gasteiger partial charge in [-0.15, -0.1) is 0 Å². The van der Waals surface area contributed by atoms with Crippen LogP contribution in [0.25, 0.3) is 16.3 Å². The summed E-state index contributed by atoms with van der Waals surface area (Å²) < 4.78 is 44.8. The number of esters is 1. The molecule has 3 rings (SSSR count). The van der Waals surface area contributed by atoms with Crippen LogP contribution in [0.1, 0.15) is 5.56 Å². The highest BCUT2D eigenvalue weighted by Gasteiger charge is 2.18. The first-order valence-corrected chi connectivity index (χ1v) is 8.39.